The molecule has 2 aromatic heterocycles. The van der Waals surface area contributed by atoms with Crippen molar-refractivity contribution in [3.63, 3.8) is 0 Å². The van der Waals surface area contributed by atoms with E-state index in [9.17, 15) is 23.5 Å². The Labute approximate surface area is 180 Å². The fourth-order valence-electron chi connectivity index (χ4n) is 4.36. The number of aromatic hydroxyl groups is 1. The number of carbonyl (C=O) groups is 1. The van der Waals surface area contributed by atoms with Crippen LogP contribution in [0.3, 0.4) is 0 Å². The summed E-state index contributed by atoms with van der Waals surface area (Å²) in [6.45, 7) is 2.92. The summed E-state index contributed by atoms with van der Waals surface area (Å²) in [6.07, 6.45) is 2.92. The zero-order valence-corrected chi connectivity index (χ0v) is 17.0. The Morgan fingerprint density at radius 3 is 2.72 bits per heavy atom. The molecule has 0 radical (unpaired) electrons. The Morgan fingerprint density at radius 2 is 1.97 bits per heavy atom. The van der Waals surface area contributed by atoms with Gasteiger partial charge in [0.1, 0.15) is 17.3 Å². The van der Waals surface area contributed by atoms with Crippen molar-refractivity contribution < 1.29 is 23.4 Å². The van der Waals surface area contributed by atoms with Crippen LogP contribution in [-0.4, -0.2) is 61.3 Å². The van der Waals surface area contributed by atoms with Crippen LogP contribution in [0.25, 0.3) is 11.3 Å². The third kappa shape index (κ3) is 3.08. The van der Waals surface area contributed by atoms with Gasteiger partial charge in [-0.2, -0.15) is 0 Å². The smallest absolute Gasteiger partial charge is 0.274 e. The van der Waals surface area contributed by atoms with Gasteiger partial charge in [0.2, 0.25) is 5.43 Å². The second-order valence-corrected chi connectivity index (χ2v) is 7.78. The van der Waals surface area contributed by atoms with E-state index in [0.29, 0.717) is 19.8 Å². The second-order valence-electron chi connectivity index (χ2n) is 7.78. The van der Waals surface area contributed by atoms with Gasteiger partial charge in [0, 0.05) is 24.4 Å². The summed E-state index contributed by atoms with van der Waals surface area (Å²) in [7, 11) is 0. The summed E-state index contributed by atoms with van der Waals surface area (Å²) in [5.74, 6) is -2.50. The molecule has 1 amide bonds. The van der Waals surface area contributed by atoms with E-state index < -0.39 is 28.7 Å². The van der Waals surface area contributed by atoms with Crippen LogP contribution in [0, 0.1) is 11.6 Å². The first-order valence-electron chi connectivity index (χ1n) is 10.1. The summed E-state index contributed by atoms with van der Waals surface area (Å²) < 4.78 is 35.5. The van der Waals surface area contributed by atoms with Gasteiger partial charge in [0.05, 0.1) is 43.6 Å². The van der Waals surface area contributed by atoms with Gasteiger partial charge in [-0.05, 0) is 13.0 Å². The molecule has 1 fully saturated rings. The predicted octanol–water partition coefficient (Wildman–Crippen LogP) is 1.55. The lowest BCUT2D eigenvalue weighted by molar-refractivity contribution is 0.0571. The molecule has 32 heavy (non-hydrogen) atoms. The minimum atomic E-state index is -0.752. The van der Waals surface area contributed by atoms with E-state index in [0.717, 1.165) is 12.1 Å². The number of amides is 1. The molecule has 2 aliphatic rings. The largest absolute Gasteiger partial charge is 0.503 e. The van der Waals surface area contributed by atoms with Crippen molar-refractivity contribution in [3.05, 3.63) is 63.7 Å². The van der Waals surface area contributed by atoms with Crippen LogP contribution in [0.4, 0.5) is 8.78 Å². The molecule has 0 bridgehead atoms. The average molecular weight is 443 g/mol. The molecule has 4 heterocycles. The average Bonchev–Trinajstić information content (AvgIpc) is 3.42. The number of hydrogen-bond acceptors (Lipinski definition) is 6. The van der Waals surface area contributed by atoms with Gasteiger partial charge >= 0.3 is 0 Å². The molecule has 1 N–H and O–H groups in total. The molecule has 2 atom stereocenters. The van der Waals surface area contributed by atoms with Gasteiger partial charge in [0.15, 0.2) is 11.4 Å². The van der Waals surface area contributed by atoms with Gasteiger partial charge in [0.25, 0.3) is 5.91 Å². The molecule has 1 saturated heterocycles. The van der Waals surface area contributed by atoms with Crippen LogP contribution in [0.5, 0.6) is 5.75 Å². The zero-order chi connectivity index (χ0) is 22.6. The Balaban J connectivity index is 1.55. The number of halogens is 2. The molecule has 11 heteroatoms. The standard InChI is InChI=1S/C21H19F2N5O4/c1-2-27-16-9-32-10-17(16)28-7-13(19(29)20(30)18(28)21(27)31)15-8-26(25-24-15)6-11-3-4-12(22)5-14(11)23/h3-5,7-8,16-17,30H,2,6,9-10H2,1H3/t16-,17?/m0/s1. The van der Waals surface area contributed by atoms with Crippen molar-refractivity contribution in [2.45, 2.75) is 25.6 Å². The first kappa shape index (κ1) is 20.3. The van der Waals surface area contributed by atoms with E-state index in [4.69, 9.17) is 4.74 Å². The number of rotatable bonds is 4. The third-order valence-electron chi connectivity index (χ3n) is 5.96. The molecular weight excluding hydrogens is 424 g/mol. The number of carbonyl (C=O) groups excluding carboxylic acids is 1. The highest BCUT2D eigenvalue weighted by Gasteiger charge is 2.44. The number of nitrogens with zero attached hydrogens (tertiary/aromatic N) is 5. The van der Waals surface area contributed by atoms with Crippen molar-refractivity contribution in [1.82, 2.24) is 24.5 Å². The molecule has 0 saturated carbocycles. The summed E-state index contributed by atoms with van der Waals surface area (Å²) in [6, 6.07) is 2.76. The lowest BCUT2D eigenvalue weighted by Gasteiger charge is -2.38. The van der Waals surface area contributed by atoms with Gasteiger partial charge in [-0.3, -0.25) is 9.59 Å². The Kier molecular flexibility index (Phi) is 4.77. The maximum Gasteiger partial charge on any atom is 0.274 e. The first-order valence-corrected chi connectivity index (χ1v) is 10.1. The van der Waals surface area contributed by atoms with Crippen LogP contribution >= 0.6 is 0 Å². The van der Waals surface area contributed by atoms with Crippen molar-refractivity contribution >= 4 is 5.91 Å². The van der Waals surface area contributed by atoms with E-state index in [-0.39, 0.29) is 41.1 Å². The number of hydrogen-bond donors (Lipinski definition) is 1. The van der Waals surface area contributed by atoms with Crippen molar-refractivity contribution in [2.24, 2.45) is 0 Å². The Hall–Kier alpha value is -3.60. The van der Waals surface area contributed by atoms with Crippen molar-refractivity contribution in [2.75, 3.05) is 19.8 Å². The highest BCUT2D eigenvalue weighted by Crippen LogP contribution is 2.35. The quantitative estimate of drug-likeness (QED) is 0.657. The van der Waals surface area contributed by atoms with E-state index in [1.165, 1.54) is 23.1 Å². The van der Waals surface area contributed by atoms with Gasteiger partial charge in [-0.25, -0.2) is 13.5 Å². The topological polar surface area (TPSA) is 102 Å². The fourth-order valence-corrected chi connectivity index (χ4v) is 4.36. The van der Waals surface area contributed by atoms with E-state index in [2.05, 4.69) is 10.3 Å². The van der Waals surface area contributed by atoms with Crippen LogP contribution in [0.15, 0.2) is 35.4 Å². The monoisotopic (exact) mass is 443 g/mol. The summed E-state index contributed by atoms with van der Waals surface area (Å²) >= 11 is 0. The lowest BCUT2D eigenvalue weighted by Crippen LogP contribution is -2.51. The Bertz CT molecular complexity index is 1290. The van der Waals surface area contributed by atoms with Crippen LogP contribution in [-0.2, 0) is 11.3 Å². The highest BCUT2D eigenvalue weighted by atomic mass is 19.1. The number of aromatic nitrogens is 4. The van der Waals surface area contributed by atoms with Gasteiger partial charge in [-0.15, -0.1) is 5.10 Å². The number of ether oxygens (including phenoxy) is 1. The second kappa shape index (κ2) is 7.52. The molecular formula is C21H19F2N5O4. The molecule has 5 rings (SSSR count). The molecule has 3 aromatic rings. The lowest BCUT2D eigenvalue weighted by atomic mass is 10.0. The number of pyridine rings is 1. The van der Waals surface area contributed by atoms with E-state index >= 15 is 0 Å². The maximum atomic E-state index is 14.0. The van der Waals surface area contributed by atoms with E-state index in [1.807, 2.05) is 6.92 Å². The fraction of sp³-hybridized carbons (Fsp3) is 0.333. The SMILES string of the molecule is CCN1C(=O)c2c(O)c(=O)c(-c3cn(Cc4ccc(F)cc4F)nn3)cn2C2COC[C@@H]21. The molecule has 0 aliphatic carbocycles. The van der Waals surface area contributed by atoms with E-state index in [1.54, 1.807) is 9.47 Å². The zero-order valence-electron chi connectivity index (χ0n) is 17.0. The number of likely N-dealkylation sites (N-methyl/N-ethyl adjacent to an activating group) is 1. The first-order chi connectivity index (χ1) is 15.4. The summed E-state index contributed by atoms with van der Waals surface area (Å²) in [4.78, 5) is 27.4. The van der Waals surface area contributed by atoms with Crippen LogP contribution < -0.4 is 5.43 Å². The number of fused-ring (bicyclic) bond motifs is 3. The summed E-state index contributed by atoms with van der Waals surface area (Å²) in [5, 5.41) is 18.5. The third-order valence-corrected chi connectivity index (χ3v) is 5.96. The van der Waals surface area contributed by atoms with Crippen molar-refractivity contribution in [3.8, 4) is 17.0 Å². The molecule has 1 aromatic carbocycles. The predicted molar refractivity (Wildman–Crippen MR) is 107 cm³/mol. The molecule has 2 aliphatic heterocycles. The maximum absolute atomic E-state index is 14.0. The van der Waals surface area contributed by atoms with Crippen LogP contribution in [0.2, 0.25) is 0 Å². The number of benzene rings is 1. The molecule has 9 nitrogen and oxygen atoms in total. The minimum absolute atomic E-state index is 0.0279. The molecule has 1 unspecified atom stereocenters. The van der Waals surface area contributed by atoms with Crippen molar-refractivity contribution in [1.29, 1.82) is 0 Å². The van der Waals surface area contributed by atoms with Gasteiger partial charge in [-0.1, -0.05) is 11.3 Å². The minimum Gasteiger partial charge on any atom is -0.503 e. The summed E-state index contributed by atoms with van der Waals surface area (Å²) in [5.41, 5.74) is -0.417. The van der Waals surface area contributed by atoms with Crippen LogP contribution in [0.1, 0.15) is 29.0 Å². The van der Waals surface area contributed by atoms with Gasteiger partial charge < -0.3 is 19.3 Å². The highest BCUT2D eigenvalue weighted by molar-refractivity contribution is 5.96. The Morgan fingerprint density at radius 1 is 1.19 bits per heavy atom. The normalized spacial score (nSPS) is 19.8. The molecule has 166 valence electrons. The molecule has 0 spiro atoms.